The van der Waals surface area contributed by atoms with Crippen LogP contribution in [0, 0.1) is 11.8 Å². The largest absolute Gasteiger partial charge is 0.398 e. The van der Waals surface area contributed by atoms with Crippen molar-refractivity contribution in [3.05, 3.63) is 28.2 Å². The zero-order valence-corrected chi connectivity index (χ0v) is 11.7. The third kappa shape index (κ3) is 2.46. The van der Waals surface area contributed by atoms with Crippen LogP contribution in [0.2, 0.25) is 0 Å². The number of carbonyl (C=O) groups is 1. The maximum atomic E-state index is 12.3. The normalized spacial score (nSPS) is 24.1. The predicted molar refractivity (Wildman–Crippen MR) is 72.8 cm³/mol. The van der Waals surface area contributed by atoms with Gasteiger partial charge in [0.25, 0.3) is 5.91 Å². The lowest BCUT2D eigenvalue weighted by Gasteiger charge is -2.17. The van der Waals surface area contributed by atoms with Crippen molar-refractivity contribution in [3.63, 3.8) is 0 Å². The average Bonchev–Trinajstić information content (AvgIpc) is 2.62. The number of carbonyl (C=O) groups excluding carboxylic acids is 1. The van der Waals surface area contributed by atoms with Crippen LogP contribution >= 0.6 is 15.9 Å². The van der Waals surface area contributed by atoms with Gasteiger partial charge in [0.2, 0.25) is 0 Å². The number of benzene rings is 1. The average molecular weight is 297 g/mol. The summed E-state index contributed by atoms with van der Waals surface area (Å²) in [5.41, 5.74) is 7.00. The molecule has 2 N–H and O–H groups in total. The summed E-state index contributed by atoms with van der Waals surface area (Å²) in [5, 5.41) is 0. The molecule has 0 radical (unpaired) electrons. The van der Waals surface area contributed by atoms with Gasteiger partial charge < -0.3 is 10.6 Å². The highest BCUT2D eigenvalue weighted by Gasteiger charge is 2.30. The summed E-state index contributed by atoms with van der Waals surface area (Å²) in [6.07, 6.45) is 0. The molecule has 2 unspecified atom stereocenters. The number of hydrogen-bond acceptors (Lipinski definition) is 2. The maximum absolute atomic E-state index is 12.3. The van der Waals surface area contributed by atoms with Crippen LogP contribution in [0.5, 0.6) is 0 Å². The van der Waals surface area contributed by atoms with Crippen LogP contribution in [0.1, 0.15) is 24.2 Å². The zero-order chi connectivity index (χ0) is 12.6. The fourth-order valence-electron chi connectivity index (χ4n) is 2.18. The highest BCUT2D eigenvalue weighted by atomic mass is 79.9. The fourth-order valence-corrected chi connectivity index (χ4v) is 2.54. The SMILES string of the molecule is CC1CN(C(=O)c2cc(Br)ccc2N)CC1C. The third-order valence-electron chi connectivity index (χ3n) is 3.52. The second-order valence-corrected chi connectivity index (χ2v) is 5.81. The van der Waals surface area contributed by atoms with Crippen molar-refractivity contribution in [3.8, 4) is 0 Å². The molecule has 1 aliphatic rings. The van der Waals surface area contributed by atoms with E-state index in [0.717, 1.165) is 17.6 Å². The smallest absolute Gasteiger partial charge is 0.256 e. The summed E-state index contributed by atoms with van der Waals surface area (Å²) in [7, 11) is 0. The van der Waals surface area contributed by atoms with Crippen molar-refractivity contribution in [2.45, 2.75) is 13.8 Å². The Morgan fingerprint density at radius 3 is 2.53 bits per heavy atom. The number of amides is 1. The Hall–Kier alpha value is -1.03. The summed E-state index contributed by atoms with van der Waals surface area (Å²) in [6, 6.07) is 5.41. The first-order chi connectivity index (χ1) is 7.99. The van der Waals surface area contributed by atoms with Crippen LogP contribution in [0.15, 0.2) is 22.7 Å². The van der Waals surface area contributed by atoms with Crippen LogP contribution in [-0.4, -0.2) is 23.9 Å². The number of hydrogen-bond donors (Lipinski definition) is 1. The molecular formula is C13H17BrN2O. The molecule has 0 aliphatic carbocycles. The van der Waals surface area contributed by atoms with E-state index in [-0.39, 0.29) is 5.91 Å². The van der Waals surface area contributed by atoms with Crippen molar-refractivity contribution in [2.75, 3.05) is 18.8 Å². The molecule has 0 bridgehead atoms. The van der Waals surface area contributed by atoms with Gasteiger partial charge in [0.1, 0.15) is 0 Å². The van der Waals surface area contributed by atoms with Gasteiger partial charge in [-0.25, -0.2) is 0 Å². The molecule has 92 valence electrons. The number of likely N-dealkylation sites (tertiary alicyclic amines) is 1. The lowest BCUT2D eigenvalue weighted by atomic mass is 10.0. The summed E-state index contributed by atoms with van der Waals surface area (Å²) >= 11 is 3.37. The van der Waals surface area contributed by atoms with Crippen LogP contribution in [0.25, 0.3) is 0 Å². The third-order valence-corrected chi connectivity index (χ3v) is 4.01. The van der Waals surface area contributed by atoms with E-state index in [9.17, 15) is 4.79 Å². The number of nitrogens with two attached hydrogens (primary N) is 1. The standard InChI is InChI=1S/C13H17BrN2O/c1-8-6-16(7-9(8)2)13(17)11-5-10(14)3-4-12(11)15/h3-5,8-9H,6-7,15H2,1-2H3. The lowest BCUT2D eigenvalue weighted by Crippen LogP contribution is -2.29. The van der Waals surface area contributed by atoms with E-state index in [2.05, 4.69) is 29.8 Å². The Bertz CT molecular complexity index is 437. The molecule has 17 heavy (non-hydrogen) atoms. The van der Waals surface area contributed by atoms with Crippen LogP contribution in [0.3, 0.4) is 0 Å². The molecule has 1 saturated heterocycles. The number of nitrogens with zero attached hydrogens (tertiary/aromatic N) is 1. The summed E-state index contributed by atoms with van der Waals surface area (Å²) in [5.74, 6) is 1.17. The molecule has 3 nitrogen and oxygen atoms in total. The lowest BCUT2D eigenvalue weighted by molar-refractivity contribution is 0.0786. The van der Waals surface area contributed by atoms with Gasteiger partial charge in [-0.05, 0) is 30.0 Å². The molecule has 1 amide bonds. The Balaban J connectivity index is 2.23. The molecule has 0 aromatic heterocycles. The zero-order valence-electron chi connectivity index (χ0n) is 10.1. The van der Waals surface area contributed by atoms with Crippen molar-refractivity contribution < 1.29 is 4.79 Å². The molecule has 0 spiro atoms. The van der Waals surface area contributed by atoms with Crippen molar-refractivity contribution in [2.24, 2.45) is 11.8 Å². The van der Waals surface area contributed by atoms with Gasteiger partial charge in [0, 0.05) is 23.2 Å². The second-order valence-electron chi connectivity index (χ2n) is 4.90. The van der Waals surface area contributed by atoms with E-state index < -0.39 is 0 Å². The van der Waals surface area contributed by atoms with E-state index in [4.69, 9.17) is 5.73 Å². The molecule has 4 heteroatoms. The second kappa shape index (κ2) is 4.69. The van der Waals surface area contributed by atoms with Gasteiger partial charge in [-0.2, -0.15) is 0 Å². The van der Waals surface area contributed by atoms with Crippen LogP contribution < -0.4 is 5.73 Å². The minimum atomic E-state index is 0.0417. The van der Waals surface area contributed by atoms with E-state index >= 15 is 0 Å². The fraction of sp³-hybridized carbons (Fsp3) is 0.462. The molecule has 1 aromatic carbocycles. The molecule has 1 fully saturated rings. The molecule has 2 rings (SSSR count). The first kappa shape index (κ1) is 12.4. The summed E-state index contributed by atoms with van der Waals surface area (Å²) in [6.45, 7) is 6.02. The van der Waals surface area contributed by atoms with E-state index in [0.29, 0.717) is 23.1 Å². The predicted octanol–water partition coefficient (Wildman–Crippen LogP) is 2.76. The van der Waals surface area contributed by atoms with Gasteiger partial charge in [0.05, 0.1) is 5.56 Å². The van der Waals surface area contributed by atoms with Gasteiger partial charge in [0.15, 0.2) is 0 Å². The monoisotopic (exact) mass is 296 g/mol. The van der Waals surface area contributed by atoms with Gasteiger partial charge in [-0.1, -0.05) is 29.8 Å². The Kier molecular flexibility index (Phi) is 3.43. The first-order valence-corrected chi connectivity index (χ1v) is 6.62. The van der Waals surface area contributed by atoms with Crippen molar-refractivity contribution >= 4 is 27.5 Å². The molecule has 0 saturated carbocycles. The topological polar surface area (TPSA) is 46.3 Å². The van der Waals surface area contributed by atoms with Crippen LogP contribution in [-0.2, 0) is 0 Å². The van der Waals surface area contributed by atoms with Gasteiger partial charge in [-0.3, -0.25) is 4.79 Å². The Labute approximate surface area is 110 Å². The molecule has 1 heterocycles. The van der Waals surface area contributed by atoms with Gasteiger partial charge >= 0.3 is 0 Å². The molecular weight excluding hydrogens is 280 g/mol. The first-order valence-electron chi connectivity index (χ1n) is 5.83. The molecule has 1 aromatic rings. The number of anilines is 1. The quantitative estimate of drug-likeness (QED) is 0.810. The highest BCUT2D eigenvalue weighted by Crippen LogP contribution is 2.26. The number of rotatable bonds is 1. The minimum absolute atomic E-state index is 0.0417. The van der Waals surface area contributed by atoms with Gasteiger partial charge in [-0.15, -0.1) is 0 Å². The Morgan fingerprint density at radius 2 is 1.94 bits per heavy atom. The van der Waals surface area contributed by atoms with Crippen LogP contribution in [0.4, 0.5) is 5.69 Å². The molecule has 2 atom stereocenters. The van der Waals surface area contributed by atoms with E-state index in [1.807, 2.05) is 11.0 Å². The summed E-state index contributed by atoms with van der Waals surface area (Å²) in [4.78, 5) is 14.2. The number of halogens is 1. The van der Waals surface area contributed by atoms with E-state index in [1.165, 1.54) is 0 Å². The Morgan fingerprint density at radius 1 is 1.35 bits per heavy atom. The van der Waals surface area contributed by atoms with E-state index in [1.54, 1.807) is 12.1 Å². The highest BCUT2D eigenvalue weighted by molar-refractivity contribution is 9.10. The summed E-state index contributed by atoms with van der Waals surface area (Å²) < 4.78 is 0.885. The molecule has 1 aliphatic heterocycles. The number of nitrogen functional groups attached to an aromatic ring is 1. The minimum Gasteiger partial charge on any atom is -0.398 e. The maximum Gasteiger partial charge on any atom is 0.256 e. The van der Waals surface area contributed by atoms with Crippen molar-refractivity contribution in [1.82, 2.24) is 4.90 Å². The van der Waals surface area contributed by atoms with Crippen molar-refractivity contribution in [1.29, 1.82) is 0 Å².